The largest absolute Gasteiger partial charge is 0.492 e. The molecule has 2 rings (SSSR count). The van der Waals surface area contributed by atoms with Gasteiger partial charge in [0, 0.05) is 6.07 Å². The summed E-state index contributed by atoms with van der Waals surface area (Å²) < 4.78 is 18.3. The van der Waals surface area contributed by atoms with Crippen LogP contribution in [0.2, 0.25) is 0 Å². The van der Waals surface area contributed by atoms with E-state index in [1.807, 2.05) is 0 Å². The van der Waals surface area contributed by atoms with Gasteiger partial charge in [-0.2, -0.15) is 5.26 Å². The number of ether oxygens (including phenoxy) is 1. The molecule has 14 heavy (non-hydrogen) atoms. The molecule has 1 aliphatic carbocycles. The van der Waals surface area contributed by atoms with Crippen molar-refractivity contribution in [3.63, 3.8) is 0 Å². The van der Waals surface area contributed by atoms with Crippen LogP contribution >= 0.6 is 0 Å². The fourth-order valence-electron chi connectivity index (χ4n) is 1.08. The number of nitriles is 1. The average molecular weight is 192 g/mol. The van der Waals surface area contributed by atoms with Gasteiger partial charge in [-0.25, -0.2) is 9.37 Å². The third kappa shape index (κ3) is 1.99. The highest BCUT2D eigenvalue weighted by atomic mass is 19.1. The van der Waals surface area contributed by atoms with Crippen LogP contribution in [-0.4, -0.2) is 11.6 Å². The molecule has 0 aliphatic heterocycles. The molecule has 0 N–H and O–H groups in total. The summed E-state index contributed by atoms with van der Waals surface area (Å²) in [5.41, 5.74) is -0.191. The first-order chi connectivity index (χ1) is 6.79. The molecule has 0 aromatic carbocycles. The standard InChI is InChI=1S/C10H9FN2O/c11-9-3-8(5-13-10(9)4-12)14-6-7-1-2-7/h3,5,7H,1-2,6H2. The third-order valence-corrected chi connectivity index (χ3v) is 2.10. The second kappa shape index (κ2) is 3.62. The molecule has 1 aromatic heterocycles. The van der Waals surface area contributed by atoms with Crippen molar-refractivity contribution in [2.45, 2.75) is 12.8 Å². The van der Waals surface area contributed by atoms with Gasteiger partial charge in [0.25, 0.3) is 0 Å². The van der Waals surface area contributed by atoms with E-state index in [1.165, 1.54) is 25.1 Å². The highest BCUT2D eigenvalue weighted by molar-refractivity contribution is 5.28. The molecule has 72 valence electrons. The van der Waals surface area contributed by atoms with Crippen LogP contribution in [0.5, 0.6) is 5.75 Å². The van der Waals surface area contributed by atoms with Crippen LogP contribution in [0.1, 0.15) is 18.5 Å². The van der Waals surface area contributed by atoms with E-state index in [0.29, 0.717) is 18.3 Å². The lowest BCUT2D eigenvalue weighted by Crippen LogP contribution is -2.00. The lowest BCUT2D eigenvalue weighted by molar-refractivity contribution is 0.297. The number of pyridine rings is 1. The fourth-order valence-corrected chi connectivity index (χ4v) is 1.08. The quantitative estimate of drug-likeness (QED) is 0.734. The molecule has 0 spiro atoms. The molecular weight excluding hydrogens is 183 g/mol. The Kier molecular flexibility index (Phi) is 2.32. The predicted octanol–water partition coefficient (Wildman–Crippen LogP) is 1.88. The molecule has 3 nitrogen and oxygen atoms in total. The van der Waals surface area contributed by atoms with E-state index in [2.05, 4.69) is 4.98 Å². The molecule has 1 aromatic rings. The molecule has 1 fully saturated rings. The van der Waals surface area contributed by atoms with Crippen LogP contribution in [0.3, 0.4) is 0 Å². The Hall–Kier alpha value is -1.63. The van der Waals surface area contributed by atoms with Gasteiger partial charge in [-0.05, 0) is 18.8 Å². The topological polar surface area (TPSA) is 45.9 Å². The van der Waals surface area contributed by atoms with Gasteiger partial charge < -0.3 is 4.74 Å². The molecule has 1 saturated carbocycles. The maximum atomic E-state index is 13.0. The van der Waals surface area contributed by atoms with E-state index in [0.717, 1.165) is 0 Å². The number of hydrogen-bond donors (Lipinski definition) is 0. The van der Waals surface area contributed by atoms with Gasteiger partial charge in [0.1, 0.15) is 11.8 Å². The van der Waals surface area contributed by atoms with Crippen LogP contribution in [0.15, 0.2) is 12.3 Å². The first kappa shape index (κ1) is 8.95. The number of nitrogens with zero attached hydrogens (tertiary/aromatic N) is 2. The second-order valence-electron chi connectivity index (χ2n) is 3.37. The highest BCUT2D eigenvalue weighted by Crippen LogP contribution is 2.29. The molecule has 4 heteroatoms. The Balaban J connectivity index is 2.03. The smallest absolute Gasteiger partial charge is 0.176 e. The SMILES string of the molecule is N#Cc1ncc(OCC2CC2)cc1F. The minimum Gasteiger partial charge on any atom is -0.492 e. The fraction of sp³-hybridized carbons (Fsp3) is 0.400. The van der Waals surface area contributed by atoms with E-state index in [9.17, 15) is 4.39 Å². The third-order valence-electron chi connectivity index (χ3n) is 2.10. The number of hydrogen-bond acceptors (Lipinski definition) is 3. The Morgan fingerprint density at radius 3 is 3.00 bits per heavy atom. The van der Waals surface area contributed by atoms with E-state index < -0.39 is 5.82 Å². The molecule has 1 heterocycles. The Bertz CT molecular complexity index is 382. The molecule has 1 aliphatic rings. The Morgan fingerprint density at radius 1 is 1.64 bits per heavy atom. The molecule has 0 bridgehead atoms. The van der Waals surface area contributed by atoms with Gasteiger partial charge in [-0.1, -0.05) is 0 Å². The van der Waals surface area contributed by atoms with Crippen molar-refractivity contribution in [2.75, 3.05) is 6.61 Å². The minimum atomic E-state index is -0.624. The molecule has 0 atom stereocenters. The summed E-state index contributed by atoms with van der Waals surface area (Å²) in [6.07, 6.45) is 3.75. The van der Waals surface area contributed by atoms with E-state index in [4.69, 9.17) is 10.00 Å². The summed E-state index contributed by atoms with van der Waals surface area (Å²) in [5.74, 6) is 0.392. The van der Waals surface area contributed by atoms with Crippen molar-refractivity contribution in [1.82, 2.24) is 4.98 Å². The van der Waals surface area contributed by atoms with Crippen LogP contribution in [-0.2, 0) is 0 Å². The summed E-state index contributed by atoms with van der Waals surface area (Å²) in [5, 5.41) is 8.44. The van der Waals surface area contributed by atoms with E-state index in [1.54, 1.807) is 6.07 Å². The zero-order valence-corrected chi connectivity index (χ0v) is 7.53. The van der Waals surface area contributed by atoms with Gasteiger partial charge in [-0.15, -0.1) is 0 Å². The van der Waals surface area contributed by atoms with Gasteiger partial charge in [0.15, 0.2) is 11.5 Å². The van der Waals surface area contributed by atoms with E-state index >= 15 is 0 Å². The predicted molar refractivity (Wildman–Crippen MR) is 47.1 cm³/mol. The zero-order chi connectivity index (χ0) is 9.97. The van der Waals surface area contributed by atoms with Crippen molar-refractivity contribution in [3.05, 3.63) is 23.8 Å². The summed E-state index contributed by atoms with van der Waals surface area (Å²) in [6, 6.07) is 2.86. The van der Waals surface area contributed by atoms with Crippen LogP contribution in [0, 0.1) is 23.1 Å². The zero-order valence-electron chi connectivity index (χ0n) is 7.53. The van der Waals surface area contributed by atoms with Gasteiger partial charge in [0.05, 0.1) is 12.8 Å². The first-order valence-corrected chi connectivity index (χ1v) is 4.48. The minimum absolute atomic E-state index is 0.191. The van der Waals surface area contributed by atoms with Crippen molar-refractivity contribution in [2.24, 2.45) is 5.92 Å². The Morgan fingerprint density at radius 2 is 2.43 bits per heavy atom. The normalized spacial score (nSPS) is 14.9. The van der Waals surface area contributed by atoms with Crippen LogP contribution < -0.4 is 4.74 Å². The molecule has 0 amide bonds. The summed E-state index contributed by atoms with van der Waals surface area (Å²) in [7, 11) is 0. The average Bonchev–Trinajstić information content (AvgIpc) is 2.98. The first-order valence-electron chi connectivity index (χ1n) is 4.48. The monoisotopic (exact) mass is 192 g/mol. The molecular formula is C10H9FN2O. The molecule has 0 saturated heterocycles. The molecule has 0 unspecified atom stereocenters. The number of halogens is 1. The van der Waals surface area contributed by atoms with Gasteiger partial charge in [-0.3, -0.25) is 0 Å². The van der Waals surface area contributed by atoms with Gasteiger partial charge >= 0.3 is 0 Å². The van der Waals surface area contributed by atoms with Crippen LogP contribution in [0.25, 0.3) is 0 Å². The van der Waals surface area contributed by atoms with E-state index in [-0.39, 0.29) is 5.69 Å². The molecule has 0 radical (unpaired) electrons. The maximum Gasteiger partial charge on any atom is 0.176 e. The number of aromatic nitrogens is 1. The summed E-state index contributed by atoms with van der Waals surface area (Å²) in [6.45, 7) is 0.618. The van der Waals surface area contributed by atoms with Crippen molar-refractivity contribution < 1.29 is 9.13 Å². The van der Waals surface area contributed by atoms with Crippen molar-refractivity contribution in [1.29, 1.82) is 5.26 Å². The van der Waals surface area contributed by atoms with Crippen molar-refractivity contribution >= 4 is 0 Å². The second-order valence-corrected chi connectivity index (χ2v) is 3.37. The lowest BCUT2D eigenvalue weighted by atomic mass is 10.3. The lowest BCUT2D eigenvalue weighted by Gasteiger charge is -2.04. The number of rotatable bonds is 3. The highest BCUT2D eigenvalue weighted by Gasteiger charge is 2.22. The van der Waals surface area contributed by atoms with Crippen molar-refractivity contribution in [3.8, 4) is 11.8 Å². The van der Waals surface area contributed by atoms with Crippen LogP contribution in [0.4, 0.5) is 4.39 Å². The van der Waals surface area contributed by atoms with Gasteiger partial charge in [0.2, 0.25) is 0 Å². The summed E-state index contributed by atoms with van der Waals surface area (Å²) in [4.78, 5) is 3.63. The Labute approximate surface area is 81.1 Å². The maximum absolute atomic E-state index is 13.0. The summed E-state index contributed by atoms with van der Waals surface area (Å²) >= 11 is 0.